The molecular formula is C22H23N3O4. The van der Waals surface area contributed by atoms with Crippen LogP contribution < -0.4 is 16.0 Å². The van der Waals surface area contributed by atoms with Crippen LogP contribution in [0.15, 0.2) is 33.9 Å². The average molecular weight is 393 g/mol. The summed E-state index contributed by atoms with van der Waals surface area (Å²) in [7, 11) is 4.59. The molecule has 1 aromatic carbocycles. The molecule has 0 fully saturated rings. The highest BCUT2D eigenvalue weighted by Gasteiger charge is 2.36. The molecule has 2 aromatic heterocycles. The highest BCUT2D eigenvalue weighted by atomic mass is 16.5. The molecule has 0 N–H and O–H groups in total. The zero-order valence-electron chi connectivity index (χ0n) is 17.2. The summed E-state index contributed by atoms with van der Waals surface area (Å²) in [6.45, 7) is 4.04. The van der Waals surface area contributed by atoms with Gasteiger partial charge in [0, 0.05) is 31.6 Å². The van der Waals surface area contributed by atoms with Crippen molar-refractivity contribution in [3.05, 3.63) is 56.4 Å². The summed E-state index contributed by atoms with van der Waals surface area (Å²) in [6.07, 6.45) is 0.959. The molecule has 0 aliphatic heterocycles. The number of benzene rings is 1. The predicted molar refractivity (Wildman–Crippen MR) is 111 cm³/mol. The number of methoxy groups -OCH3 is 1. The highest BCUT2D eigenvalue weighted by molar-refractivity contribution is 6.10. The van der Waals surface area contributed by atoms with E-state index in [-0.39, 0.29) is 16.6 Å². The van der Waals surface area contributed by atoms with Crippen molar-refractivity contribution < 1.29 is 9.53 Å². The standard InChI is InChI=1S/C22H23N3O4/c1-22(2)10-14-17(15(26)11-22)16(12-7-6-8-13(9-12)29-5)18-19(23-14)24(3)21(28)25(4)20(18)27/h6-9H,10-11H2,1-5H3. The van der Waals surface area contributed by atoms with Crippen molar-refractivity contribution in [1.29, 1.82) is 0 Å². The monoisotopic (exact) mass is 393 g/mol. The van der Waals surface area contributed by atoms with E-state index in [0.29, 0.717) is 46.6 Å². The number of ether oxygens (including phenoxy) is 1. The fourth-order valence-electron chi connectivity index (χ4n) is 4.17. The lowest BCUT2D eigenvalue weighted by Crippen LogP contribution is -2.38. The molecule has 0 bridgehead atoms. The Hall–Kier alpha value is -3.22. The molecule has 0 unspecified atom stereocenters. The van der Waals surface area contributed by atoms with Gasteiger partial charge in [-0.25, -0.2) is 9.78 Å². The molecule has 3 aromatic rings. The third-order valence-electron chi connectivity index (χ3n) is 5.59. The van der Waals surface area contributed by atoms with Gasteiger partial charge in [-0.15, -0.1) is 0 Å². The smallest absolute Gasteiger partial charge is 0.332 e. The molecule has 7 heteroatoms. The Kier molecular flexibility index (Phi) is 4.22. The molecule has 4 rings (SSSR count). The van der Waals surface area contributed by atoms with Crippen molar-refractivity contribution in [2.75, 3.05) is 7.11 Å². The Morgan fingerprint density at radius 2 is 1.76 bits per heavy atom. The first-order valence-corrected chi connectivity index (χ1v) is 9.45. The Labute approximate surface area is 167 Å². The van der Waals surface area contributed by atoms with Crippen LogP contribution in [0.1, 0.15) is 36.3 Å². The van der Waals surface area contributed by atoms with E-state index >= 15 is 0 Å². The predicted octanol–water partition coefficient (Wildman–Crippen LogP) is 2.46. The topological polar surface area (TPSA) is 83.2 Å². The van der Waals surface area contributed by atoms with Crippen LogP contribution in [0.5, 0.6) is 5.75 Å². The van der Waals surface area contributed by atoms with Crippen LogP contribution in [0.25, 0.3) is 22.2 Å². The van der Waals surface area contributed by atoms with E-state index in [2.05, 4.69) is 4.98 Å². The quantitative estimate of drug-likeness (QED) is 0.668. The Morgan fingerprint density at radius 1 is 1.03 bits per heavy atom. The number of hydrogen-bond acceptors (Lipinski definition) is 5. The van der Waals surface area contributed by atoms with Gasteiger partial charge in [-0.3, -0.25) is 18.7 Å². The third-order valence-corrected chi connectivity index (χ3v) is 5.59. The lowest BCUT2D eigenvalue weighted by molar-refractivity contribution is 0.0911. The van der Waals surface area contributed by atoms with Crippen LogP contribution in [-0.4, -0.2) is 27.0 Å². The summed E-state index contributed by atoms with van der Waals surface area (Å²) in [4.78, 5) is 43.5. The minimum absolute atomic E-state index is 0.0422. The van der Waals surface area contributed by atoms with Crippen molar-refractivity contribution in [1.82, 2.24) is 14.1 Å². The van der Waals surface area contributed by atoms with Crippen LogP contribution in [0.2, 0.25) is 0 Å². The third kappa shape index (κ3) is 2.88. The number of carbonyl (C=O) groups is 1. The maximum atomic E-state index is 13.2. The van der Waals surface area contributed by atoms with Crippen LogP contribution in [0.4, 0.5) is 0 Å². The minimum Gasteiger partial charge on any atom is -0.497 e. The molecule has 0 saturated heterocycles. The van der Waals surface area contributed by atoms with Gasteiger partial charge >= 0.3 is 5.69 Å². The van der Waals surface area contributed by atoms with Crippen molar-refractivity contribution >= 4 is 16.8 Å². The first-order valence-electron chi connectivity index (χ1n) is 9.45. The summed E-state index contributed by atoms with van der Waals surface area (Å²) >= 11 is 0. The largest absolute Gasteiger partial charge is 0.497 e. The van der Waals surface area contributed by atoms with Crippen molar-refractivity contribution in [3.63, 3.8) is 0 Å². The number of carbonyl (C=O) groups excluding carboxylic acids is 1. The maximum absolute atomic E-state index is 13.2. The molecule has 150 valence electrons. The van der Waals surface area contributed by atoms with Gasteiger partial charge in [-0.05, 0) is 29.5 Å². The molecule has 29 heavy (non-hydrogen) atoms. The molecule has 7 nitrogen and oxygen atoms in total. The summed E-state index contributed by atoms with van der Waals surface area (Å²) in [5.41, 5.74) is 1.45. The summed E-state index contributed by atoms with van der Waals surface area (Å²) in [6, 6.07) is 7.26. The van der Waals surface area contributed by atoms with Crippen molar-refractivity contribution in [2.24, 2.45) is 19.5 Å². The number of ketones is 1. The van der Waals surface area contributed by atoms with Crippen molar-refractivity contribution in [2.45, 2.75) is 26.7 Å². The lowest BCUT2D eigenvalue weighted by Gasteiger charge is -2.31. The molecule has 0 saturated carbocycles. The van der Waals surface area contributed by atoms with E-state index < -0.39 is 11.2 Å². The minimum atomic E-state index is -0.464. The van der Waals surface area contributed by atoms with E-state index in [1.54, 1.807) is 26.3 Å². The zero-order chi connectivity index (χ0) is 21.1. The molecule has 0 atom stereocenters. The van der Waals surface area contributed by atoms with Crippen molar-refractivity contribution in [3.8, 4) is 16.9 Å². The molecule has 0 amide bonds. The van der Waals surface area contributed by atoms with E-state index in [4.69, 9.17) is 4.74 Å². The number of aromatic nitrogens is 3. The number of pyridine rings is 1. The van der Waals surface area contributed by atoms with Crippen LogP contribution in [0, 0.1) is 5.41 Å². The Balaban J connectivity index is 2.25. The average Bonchev–Trinajstić information content (AvgIpc) is 2.68. The van der Waals surface area contributed by atoms with Gasteiger partial charge in [0.25, 0.3) is 5.56 Å². The SMILES string of the molecule is COc1cccc(-c2c3c(nc4c2c(=O)n(C)c(=O)n4C)CC(C)(C)CC3=O)c1. The summed E-state index contributed by atoms with van der Waals surface area (Å²) in [5.74, 6) is 0.575. The fourth-order valence-corrected chi connectivity index (χ4v) is 4.17. The normalized spacial score (nSPS) is 15.4. The maximum Gasteiger partial charge on any atom is 0.332 e. The number of nitrogens with zero attached hydrogens (tertiary/aromatic N) is 3. The Morgan fingerprint density at radius 3 is 2.45 bits per heavy atom. The van der Waals surface area contributed by atoms with Crippen LogP contribution in [0.3, 0.4) is 0 Å². The van der Waals surface area contributed by atoms with Gasteiger partial charge in [0.2, 0.25) is 0 Å². The Bertz CT molecular complexity index is 1300. The second-order valence-corrected chi connectivity index (χ2v) is 8.39. The number of rotatable bonds is 2. The second kappa shape index (κ2) is 6.40. The number of fused-ring (bicyclic) bond motifs is 2. The molecule has 1 aliphatic carbocycles. The number of Topliss-reactive ketones (excluding diaryl/α,β-unsaturated/α-hetero) is 1. The van der Waals surface area contributed by atoms with Gasteiger partial charge in [0.1, 0.15) is 11.4 Å². The molecule has 1 aliphatic rings. The van der Waals surface area contributed by atoms with Gasteiger partial charge in [0.05, 0.1) is 18.2 Å². The number of hydrogen-bond donors (Lipinski definition) is 0. The lowest BCUT2D eigenvalue weighted by atomic mass is 9.73. The van der Waals surface area contributed by atoms with E-state index in [1.165, 1.54) is 11.6 Å². The molecule has 0 spiro atoms. The first-order chi connectivity index (χ1) is 13.6. The first kappa shape index (κ1) is 19.1. The summed E-state index contributed by atoms with van der Waals surface area (Å²) in [5, 5.41) is 0.273. The second-order valence-electron chi connectivity index (χ2n) is 8.39. The summed E-state index contributed by atoms with van der Waals surface area (Å²) < 4.78 is 7.77. The van der Waals surface area contributed by atoms with Gasteiger partial charge in [0.15, 0.2) is 5.78 Å². The number of aryl methyl sites for hydroxylation is 1. The van der Waals surface area contributed by atoms with E-state index in [1.807, 2.05) is 26.0 Å². The molecular weight excluding hydrogens is 370 g/mol. The van der Waals surface area contributed by atoms with Crippen LogP contribution >= 0.6 is 0 Å². The highest BCUT2D eigenvalue weighted by Crippen LogP contribution is 2.41. The van der Waals surface area contributed by atoms with Gasteiger partial charge in [-0.2, -0.15) is 0 Å². The molecule has 0 radical (unpaired) electrons. The van der Waals surface area contributed by atoms with Gasteiger partial charge in [-0.1, -0.05) is 26.0 Å². The zero-order valence-corrected chi connectivity index (χ0v) is 17.2. The van der Waals surface area contributed by atoms with Gasteiger partial charge < -0.3 is 4.74 Å². The van der Waals surface area contributed by atoms with E-state index in [0.717, 1.165) is 4.57 Å². The fraction of sp³-hybridized carbons (Fsp3) is 0.364. The van der Waals surface area contributed by atoms with E-state index in [9.17, 15) is 14.4 Å². The van der Waals surface area contributed by atoms with Crippen LogP contribution in [-0.2, 0) is 20.5 Å². The molecule has 2 heterocycles.